The van der Waals surface area contributed by atoms with Gasteiger partial charge in [0.05, 0.1) is 20.6 Å². The van der Waals surface area contributed by atoms with Crippen molar-refractivity contribution in [1.29, 1.82) is 0 Å². The van der Waals surface area contributed by atoms with Crippen LogP contribution < -0.4 is 14.8 Å². The van der Waals surface area contributed by atoms with Gasteiger partial charge in [-0.2, -0.15) is 0 Å². The van der Waals surface area contributed by atoms with Crippen LogP contribution in [-0.2, 0) is 16.0 Å². The van der Waals surface area contributed by atoms with Crippen LogP contribution in [0.3, 0.4) is 0 Å². The summed E-state index contributed by atoms with van der Waals surface area (Å²) < 4.78 is 16.0. The van der Waals surface area contributed by atoms with Gasteiger partial charge in [0.2, 0.25) is 5.91 Å². The standard InChI is InChI=1S/C20H30N2O4/c1-24-18-4-3-15(19(14-18)25-2)13-20(23)21-16-5-9-22(10-6-16)17-7-11-26-12-8-17/h3-4,14,16-17H,5-13H2,1-2H3,(H,21,23). The molecule has 0 unspecified atom stereocenters. The number of carbonyl (C=O) groups excluding carboxylic acids is 1. The highest BCUT2D eigenvalue weighted by Crippen LogP contribution is 2.25. The average Bonchev–Trinajstić information content (AvgIpc) is 2.69. The van der Waals surface area contributed by atoms with E-state index in [-0.39, 0.29) is 11.9 Å². The quantitative estimate of drug-likeness (QED) is 0.839. The Morgan fingerprint density at radius 2 is 1.88 bits per heavy atom. The van der Waals surface area contributed by atoms with E-state index in [0.29, 0.717) is 18.2 Å². The topological polar surface area (TPSA) is 60.0 Å². The van der Waals surface area contributed by atoms with Crippen LogP contribution in [0.25, 0.3) is 0 Å². The van der Waals surface area contributed by atoms with E-state index in [2.05, 4.69) is 10.2 Å². The number of benzene rings is 1. The van der Waals surface area contributed by atoms with Crippen LogP contribution in [0.1, 0.15) is 31.2 Å². The van der Waals surface area contributed by atoms with Gasteiger partial charge in [-0.25, -0.2) is 0 Å². The maximum Gasteiger partial charge on any atom is 0.224 e. The van der Waals surface area contributed by atoms with Gasteiger partial charge in [0.1, 0.15) is 11.5 Å². The number of methoxy groups -OCH3 is 2. The van der Waals surface area contributed by atoms with Crippen LogP contribution in [0.2, 0.25) is 0 Å². The van der Waals surface area contributed by atoms with E-state index in [9.17, 15) is 4.79 Å². The van der Waals surface area contributed by atoms with E-state index < -0.39 is 0 Å². The maximum absolute atomic E-state index is 12.5. The molecule has 2 aliphatic heterocycles. The van der Waals surface area contributed by atoms with Crippen LogP contribution in [0.15, 0.2) is 18.2 Å². The van der Waals surface area contributed by atoms with E-state index in [1.807, 2.05) is 18.2 Å². The average molecular weight is 362 g/mol. The number of likely N-dealkylation sites (tertiary alicyclic amines) is 1. The van der Waals surface area contributed by atoms with Crippen molar-refractivity contribution < 1.29 is 19.0 Å². The molecule has 2 aliphatic rings. The number of hydrogen-bond donors (Lipinski definition) is 1. The highest BCUT2D eigenvalue weighted by atomic mass is 16.5. The molecule has 1 amide bonds. The first-order chi connectivity index (χ1) is 12.7. The van der Waals surface area contributed by atoms with Crippen molar-refractivity contribution in [3.63, 3.8) is 0 Å². The van der Waals surface area contributed by atoms with Crippen molar-refractivity contribution in [2.45, 2.75) is 44.2 Å². The van der Waals surface area contributed by atoms with Gasteiger partial charge in [-0.3, -0.25) is 4.79 Å². The molecule has 6 nitrogen and oxygen atoms in total. The minimum atomic E-state index is 0.0537. The van der Waals surface area contributed by atoms with Crippen molar-refractivity contribution in [2.24, 2.45) is 0 Å². The van der Waals surface area contributed by atoms with Crippen molar-refractivity contribution in [3.8, 4) is 11.5 Å². The number of nitrogens with zero attached hydrogens (tertiary/aromatic N) is 1. The summed E-state index contributed by atoms with van der Waals surface area (Å²) in [6.07, 6.45) is 4.63. The Bertz CT molecular complexity index is 593. The lowest BCUT2D eigenvalue weighted by Crippen LogP contribution is -2.49. The Kier molecular flexibility index (Phi) is 6.74. The zero-order valence-electron chi connectivity index (χ0n) is 15.8. The Balaban J connectivity index is 1.47. The number of ether oxygens (including phenoxy) is 3. The van der Waals surface area contributed by atoms with E-state index in [0.717, 1.165) is 63.3 Å². The van der Waals surface area contributed by atoms with E-state index >= 15 is 0 Å². The fourth-order valence-electron chi connectivity index (χ4n) is 3.91. The Morgan fingerprint density at radius 1 is 1.15 bits per heavy atom. The first-order valence-corrected chi connectivity index (χ1v) is 9.51. The number of rotatable bonds is 6. The molecule has 0 aliphatic carbocycles. The molecule has 1 aromatic rings. The zero-order chi connectivity index (χ0) is 18.4. The van der Waals surface area contributed by atoms with Crippen LogP contribution >= 0.6 is 0 Å². The third kappa shape index (κ3) is 4.89. The molecule has 6 heteroatoms. The number of amides is 1. The third-order valence-corrected chi connectivity index (χ3v) is 5.45. The first-order valence-electron chi connectivity index (χ1n) is 9.51. The fraction of sp³-hybridized carbons (Fsp3) is 0.650. The molecule has 26 heavy (non-hydrogen) atoms. The van der Waals surface area contributed by atoms with E-state index in [1.54, 1.807) is 14.2 Å². The maximum atomic E-state index is 12.5. The van der Waals surface area contributed by atoms with Gasteiger partial charge in [0.25, 0.3) is 0 Å². The monoisotopic (exact) mass is 362 g/mol. The van der Waals surface area contributed by atoms with Gasteiger partial charge in [-0.1, -0.05) is 6.07 Å². The summed E-state index contributed by atoms with van der Waals surface area (Å²) >= 11 is 0. The normalized spacial score (nSPS) is 19.9. The fourth-order valence-corrected chi connectivity index (χ4v) is 3.91. The minimum absolute atomic E-state index is 0.0537. The molecule has 2 heterocycles. The molecule has 0 saturated carbocycles. The van der Waals surface area contributed by atoms with Crippen LogP contribution in [-0.4, -0.2) is 63.4 Å². The predicted molar refractivity (Wildman–Crippen MR) is 99.8 cm³/mol. The van der Waals surface area contributed by atoms with Crippen molar-refractivity contribution in [1.82, 2.24) is 10.2 Å². The van der Waals surface area contributed by atoms with Crippen LogP contribution in [0, 0.1) is 0 Å². The van der Waals surface area contributed by atoms with Gasteiger partial charge in [0.15, 0.2) is 0 Å². The van der Waals surface area contributed by atoms with Crippen LogP contribution in [0.5, 0.6) is 11.5 Å². The molecule has 1 N–H and O–H groups in total. The SMILES string of the molecule is COc1ccc(CC(=O)NC2CCN(C3CCOCC3)CC2)c(OC)c1. The number of nitrogens with one attached hydrogen (secondary N) is 1. The summed E-state index contributed by atoms with van der Waals surface area (Å²) in [5, 5.41) is 3.19. The van der Waals surface area contributed by atoms with Crippen molar-refractivity contribution >= 4 is 5.91 Å². The molecular weight excluding hydrogens is 332 g/mol. The molecule has 0 radical (unpaired) electrons. The Hall–Kier alpha value is -1.79. The molecule has 3 rings (SSSR count). The highest BCUT2D eigenvalue weighted by molar-refractivity contribution is 5.79. The van der Waals surface area contributed by atoms with Gasteiger partial charge in [0, 0.05) is 50.0 Å². The minimum Gasteiger partial charge on any atom is -0.497 e. The van der Waals surface area contributed by atoms with Gasteiger partial charge in [-0.05, 0) is 31.7 Å². The molecule has 0 atom stereocenters. The summed E-state index contributed by atoms with van der Waals surface area (Å²) in [6, 6.07) is 6.49. The molecule has 0 aromatic heterocycles. The zero-order valence-corrected chi connectivity index (χ0v) is 15.8. The second kappa shape index (κ2) is 9.24. The number of carbonyl (C=O) groups is 1. The summed E-state index contributed by atoms with van der Waals surface area (Å²) in [4.78, 5) is 15.0. The van der Waals surface area contributed by atoms with Crippen molar-refractivity contribution in [3.05, 3.63) is 23.8 Å². The summed E-state index contributed by atoms with van der Waals surface area (Å²) in [5.41, 5.74) is 0.880. The second-order valence-corrected chi connectivity index (χ2v) is 7.08. The Labute approximate surface area is 155 Å². The smallest absolute Gasteiger partial charge is 0.224 e. The summed E-state index contributed by atoms with van der Waals surface area (Å²) in [6.45, 7) is 3.87. The molecule has 1 aromatic carbocycles. The predicted octanol–water partition coefficient (Wildman–Crippen LogP) is 2.01. The Morgan fingerprint density at radius 3 is 2.54 bits per heavy atom. The lowest BCUT2D eigenvalue weighted by Gasteiger charge is -2.39. The number of piperidine rings is 1. The molecule has 0 bridgehead atoms. The summed E-state index contributed by atoms with van der Waals surface area (Å²) in [7, 11) is 3.23. The highest BCUT2D eigenvalue weighted by Gasteiger charge is 2.27. The van der Waals surface area contributed by atoms with Gasteiger partial charge in [-0.15, -0.1) is 0 Å². The lowest BCUT2D eigenvalue weighted by molar-refractivity contribution is -0.121. The van der Waals surface area contributed by atoms with E-state index in [1.165, 1.54) is 0 Å². The molecule has 2 fully saturated rings. The second-order valence-electron chi connectivity index (χ2n) is 7.08. The summed E-state index contributed by atoms with van der Waals surface area (Å²) in [5.74, 6) is 1.47. The van der Waals surface area contributed by atoms with Gasteiger partial charge >= 0.3 is 0 Å². The molecule has 144 valence electrons. The molecular formula is C20H30N2O4. The first kappa shape index (κ1) is 19.0. The lowest BCUT2D eigenvalue weighted by atomic mass is 9.99. The van der Waals surface area contributed by atoms with E-state index in [4.69, 9.17) is 14.2 Å². The third-order valence-electron chi connectivity index (χ3n) is 5.45. The molecule has 2 saturated heterocycles. The van der Waals surface area contributed by atoms with Crippen LogP contribution in [0.4, 0.5) is 0 Å². The number of hydrogen-bond acceptors (Lipinski definition) is 5. The largest absolute Gasteiger partial charge is 0.497 e. The molecule has 0 spiro atoms. The van der Waals surface area contributed by atoms with Gasteiger partial charge < -0.3 is 24.4 Å². The van der Waals surface area contributed by atoms with Crippen molar-refractivity contribution in [2.75, 3.05) is 40.5 Å².